The second-order valence-electron chi connectivity index (χ2n) is 7.42. The quantitative estimate of drug-likeness (QED) is 0.286. The predicted octanol–water partition coefficient (Wildman–Crippen LogP) is 5.68. The Morgan fingerprint density at radius 2 is 1.45 bits per heavy atom. The molecule has 0 aliphatic carbocycles. The van der Waals surface area contributed by atoms with Crippen molar-refractivity contribution in [2.75, 3.05) is 7.11 Å². The van der Waals surface area contributed by atoms with Gasteiger partial charge in [-0.3, -0.25) is 10.7 Å². The third-order valence-corrected chi connectivity index (χ3v) is 5.10. The molecule has 6 heteroatoms. The number of rotatable bonds is 7. The highest BCUT2D eigenvalue weighted by molar-refractivity contribution is 6.06. The summed E-state index contributed by atoms with van der Waals surface area (Å²) < 4.78 is 16.2. The van der Waals surface area contributed by atoms with E-state index in [1.165, 1.54) is 0 Å². The number of alkyl carbamates (subject to hydrolysis) is 1. The molecule has 2 N–H and O–H groups in total. The van der Waals surface area contributed by atoms with Crippen molar-refractivity contribution in [1.29, 1.82) is 5.41 Å². The number of carbonyl (C=O) groups excluding carboxylic acids is 1. The van der Waals surface area contributed by atoms with Crippen LogP contribution in [-0.2, 0) is 18.0 Å². The van der Waals surface area contributed by atoms with Gasteiger partial charge in [-0.2, -0.15) is 0 Å². The molecule has 0 aliphatic heterocycles. The maximum absolute atomic E-state index is 12.1. The largest absolute Gasteiger partial charge is 0.497 e. The number of fused-ring (bicyclic) bond motifs is 1. The maximum atomic E-state index is 12.1. The molecule has 0 heterocycles. The van der Waals surface area contributed by atoms with Crippen molar-refractivity contribution in [2.45, 2.75) is 13.2 Å². The van der Waals surface area contributed by atoms with E-state index in [9.17, 15) is 4.79 Å². The molecular formula is C27H24N2O4. The molecule has 4 aromatic carbocycles. The van der Waals surface area contributed by atoms with E-state index >= 15 is 0 Å². The van der Waals surface area contributed by atoms with Crippen molar-refractivity contribution >= 4 is 22.7 Å². The van der Waals surface area contributed by atoms with E-state index in [2.05, 4.69) is 5.32 Å². The first-order valence-electron chi connectivity index (χ1n) is 10.5. The first kappa shape index (κ1) is 21.9. The van der Waals surface area contributed by atoms with Crippen LogP contribution in [0, 0.1) is 5.41 Å². The second-order valence-corrected chi connectivity index (χ2v) is 7.42. The summed E-state index contributed by atoms with van der Waals surface area (Å²) in [5.41, 5.74) is 2.52. The zero-order chi connectivity index (χ0) is 23.0. The molecule has 0 unspecified atom stereocenters. The molecule has 0 radical (unpaired) electrons. The minimum Gasteiger partial charge on any atom is -0.497 e. The fourth-order valence-electron chi connectivity index (χ4n) is 3.29. The smallest absolute Gasteiger partial charge is 0.413 e. The Labute approximate surface area is 192 Å². The minimum absolute atomic E-state index is 0.0268. The minimum atomic E-state index is -0.680. The Bertz CT molecular complexity index is 1250. The molecule has 0 atom stereocenters. The summed E-state index contributed by atoms with van der Waals surface area (Å²) in [4.78, 5) is 12.1. The third-order valence-electron chi connectivity index (χ3n) is 5.10. The normalized spacial score (nSPS) is 10.5. The number of carbonyl (C=O) groups is 1. The lowest BCUT2D eigenvalue weighted by Gasteiger charge is -2.10. The van der Waals surface area contributed by atoms with Gasteiger partial charge < -0.3 is 14.2 Å². The third kappa shape index (κ3) is 5.89. The van der Waals surface area contributed by atoms with Gasteiger partial charge in [-0.05, 0) is 52.2 Å². The summed E-state index contributed by atoms with van der Waals surface area (Å²) in [5.74, 6) is 1.48. The zero-order valence-corrected chi connectivity index (χ0v) is 18.2. The Hall–Kier alpha value is -4.32. The highest BCUT2D eigenvalue weighted by atomic mass is 16.5. The van der Waals surface area contributed by atoms with Gasteiger partial charge in [-0.15, -0.1) is 0 Å². The number of methoxy groups -OCH3 is 1. The molecule has 0 aliphatic rings. The van der Waals surface area contributed by atoms with Crippen LogP contribution in [-0.4, -0.2) is 19.0 Å². The predicted molar refractivity (Wildman–Crippen MR) is 128 cm³/mol. The van der Waals surface area contributed by atoms with E-state index in [1.54, 1.807) is 25.3 Å². The lowest BCUT2D eigenvalue weighted by atomic mass is 10.1. The van der Waals surface area contributed by atoms with Crippen molar-refractivity contribution in [3.05, 3.63) is 108 Å². The van der Waals surface area contributed by atoms with Crippen LogP contribution in [0.1, 0.15) is 16.7 Å². The molecular weight excluding hydrogens is 416 g/mol. The van der Waals surface area contributed by atoms with Crippen LogP contribution in [0.4, 0.5) is 4.79 Å². The van der Waals surface area contributed by atoms with E-state index in [4.69, 9.17) is 19.6 Å². The fraction of sp³-hybridized carbons (Fsp3) is 0.111. The monoisotopic (exact) mass is 440 g/mol. The number of hydrogen-bond donors (Lipinski definition) is 2. The van der Waals surface area contributed by atoms with E-state index in [0.717, 1.165) is 33.4 Å². The number of benzene rings is 4. The molecule has 1 amide bonds. The van der Waals surface area contributed by atoms with Crippen LogP contribution in [0.5, 0.6) is 11.5 Å². The molecule has 0 fully saturated rings. The molecule has 0 aromatic heterocycles. The number of hydrogen-bond acceptors (Lipinski definition) is 5. The van der Waals surface area contributed by atoms with Gasteiger partial charge in [-0.25, -0.2) is 4.79 Å². The zero-order valence-electron chi connectivity index (χ0n) is 18.2. The Morgan fingerprint density at radius 1 is 0.788 bits per heavy atom. The van der Waals surface area contributed by atoms with Gasteiger partial charge >= 0.3 is 6.09 Å². The second kappa shape index (κ2) is 10.3. The van der Waals surface area contributed by atoms with Crippen LogP contribution >= 0.6 is 0 Å². The molecule has 0 saturated heterocycles. The molecule has 0 spiro atoms. The van der Waals surface area contributed by atoms with Gasteiger partial charge in [0.15, 0.2) is 0 Å². The van der Waals surface area contributed by atoms with E-state index in [0.29, 0.717) is 12.2 Å². The van der Waals surface area contributed by atoms with Crippen LogP contribution in [0.15, 0.2) is 91.0 Å². The van der Waals surface area contributed by atoms with E-state index < -0.39 is 6.09 Å². The molecule has 4 aromatic rings. The van der Waals surface area contributed by atoms with Crippen LogP contribution in [0.2, 0.25) is 0 Å². The molecule has 0 bridgehead atoms. The number of ether oxygens (including phenoxy) is 3. The van der Waals surface area contributed by atoms with Crippen LogP contribution in [0.25, 0.3) is 10.8 Å². The Morgan fingerprint density at radius 3 is 2.21 bits per heavy atom. The standard InChI is InChI=1S/C27H24N2O4/c1-31-24-12-7-20(8-13-24)18-33-27(30)29-26(28)23-10-9-22-16-25(14-11-21(22)15-23)32-17-19-5-3-2-4-6-19/h2-16H,17-18H2,1H3,(H2,28,29,30). The van der Waals surface area contributed by atoms with E-state index in [1.807, 2.05) is 72.8 Å². The van der Waals surface area contributed by atoms with E-state index in [-0.39, 0.29) is 12.4 Å². The maximum Gasteiger partial charge on any atom is 0.413 e. The summed E-state index contributed by atoms with van der Waals surface area (Å²) in [6, 6.07) is 28.6. The van der Waals surface area contributed by atoms with Crippen molar-refractivity contribution < 1.29 is 19.0 Å². The van der Waals surface area contributed by atoms with Crippen LogP contribution < -0.4 is 14.8 Å². The number of nitrogens with one attached hydrogen (secondary N) is 2. The Balaban J connectivity index is 1.34. The summed E-state index contributed by atoms with van der Waals surface area (Å²) in [7, 11) is 1.59. The summed E-state index contributed by atoms with van der Waals surface area (Å²) in [6.07, 6.45) is -0.680. The average molecular weight is 440 g/mol. The fourth-order valence-corrected chi connectivity index (χ4v) is 3.29. The first-order valence-corrected chi connectivity index (χ1v) is 10.5. The topological polar surface area (TPSA) is 80.6 Å². The number of amides is 1. The SMILES string of the molecule is COc1ccc(COC(=O)NC(=N)c2ccc3cc(OCc4ccccc4)ccc3c2)cc1. The summed E-state index contributed by atoms with van der Waals surface area (Å²) >= 11 is 0. The summed E-state index contributed by atoms with van der Waals surface area (Å²) in [6.45, 7) is 0.601. The molecule has 166 valence electrons. The van der Waals surface area contributed by atoms with Gasteiger partial charge in [0.1, 0.15) is 30.5 Å². The van der Waals surface area contributed by atoms with Crippen molar-refractivity contribution in [1.82, 2.24) is 5.32 Å². The number of amidine groups is 1. The lowest BCUT2D eigenvalue weighted by molar-refractivity contribution is 0.145. The van der Waals surface area contributed by atoms with Crippen molar-refractivity contribution in [3.63, 3.8) is 0 Å². The van der Waals surface area contributed by atoms with Crippen LogP contribution in [0.3, 0.4) is 0 Å². The van der Waals surface area contributed by atoms with Gasteiger partial charge in [0.05, 0.1) is 7.11 Å². The first-order chi connectivity index (χ1) is 16.1. The summed E-state index contributed by atoms with van der Waals surface area (Å²) in [5, 5.41) is 12.6. The highest BCUT2D eigenvalue weighted by Crippen LogP contribution is 2.23. The Kier molecular flexibility index (Phi) is 6.85. The van der Waals surface area contributed by atoms with Gasteiger partial charge in [0, 0.05) is 5.56 Å². The molecule has 33 heavy (non-hydrogen) atoms. The molecule has 6 nitrogen and oxygen atoms in total. The highest BCUT2D eigenvalue weighted by Gasteiger charge is 2.10. The lowest BCUT2D eigenvalue weighted by Crippen LogP contribution is -2.30. The van der Waals surface area contributed by atoms with Gasteiger partial charge in [0.25, 0.3) is 0 Å². The van der Waals surface area contributed by atoms with Crippen molar-refractivity contribution in [3.8, 4) is 11.5 Å². The van der Waals surface area contributed by atoms with Gasteiger partial charge in [-0.1, -0.05) is 60.7 Å². The molecule has 0 saturated carbocycles. The van der Waals surface area contributed by atoms with Crippen molar-refractivity contribution in [2.24, 2.45) is 0 Å². The van der Waals surface area contributed by atoms with Gasteiger partial charge in [0.2, 0.25) is 0 Å². The average Bonchev–Trinajstić information content (AvgIpc) is 2.86. The molecule has 4 rings (SSSR count).